The van der Waals surface area contributed by atoms with E-state index in [0.29, 0.717) is 12.5 Å². The summed E-state index contributed by atoms with van der Waals surface area (Å²) < 4.78 is 0. The van der Waals surface area contributed by atoms with E-state index in [1.165, 1.54) is 24.9 Å². The zero-order chi connectivity index (χ0) is 10.5. The Kier molecular flexibility index (Phi) is 4.18. The fourth-order valence-electron chi connectivity index (χ4n) is 2.35. The zero-order valence-electron chi connectivity index (χ0n) is 9.06. The van der Waals surface area contributed by atoms with Gasteiger partial charge in [-0.3, -0.25) is 4.90 Å². The number of aliphatic hydroxyl groups excluding tert-OH is 1. The van der Waals surface area contributed by atoms with Crippen LogP contribution in [0.15, 0.2) is 16.8 Å². The van der Waals surface area contributed by atoms with Crippen LogP contribution in [0.3, 0.4) is 0 Å². The number of hydrogen-bond donors (Lipinski definition) is 1. The number of rotatable bonds is 4. The molecular formula is C12H19NOS. The third-order valence-electron chi connectivity index (χ3n) is 3.13. The van der Waals surface area contributed by atoms with Crippen molar-refractivity contribution in [2.45, 2.75) is 25.8 Å². The van der Waals surface area contributed by atoms with E-state index >= 15 is 0 Å². The smallest absolute Gasteiger partial charge is 0.0434 e. The molecule has 84 valence electrons. The minimum Gasteiger partial charge on any atom is -0.396 e. The molecule has 0 aromatic carbocycles. The summed E-state index contributed by atoms with van der Waals surface area (Å²) in [5.74, 6) is 0.711. The number of piperidine rings is 1. The largest absolute Gasteiger partial charge is 0.396 e. The van der Waals surface area contributed by atoms with Crippen LogP contribution < -0.4 is 0 Å². The van der Waals surface area contributed by atoms with E-state index in [9.17, 15) is 0 Å². The molecule has 1 aromatic rings. The molecule has 3 heteroatoms. The highest BCUT2D eigenvalue weighted by molar-refractivity contribution is 7.07. The van der Waals surface area contributed by atoms with E-state index in [4.69, 9.17) is 5.11 Å². The molecule has 2 heterocycles. The SMILES string of the molecule is OCCC1CCCN(Cc2ccsc2)C1. The maximum absolute atomic E-state index is 8.94. The molecule has 1 aromatic heterocycles. The number of nitrogens with zero attached hydrogens (tertiary/aromatic N) is 1. The van der Waals surface area contributed by atoms with Gasteiger partial charge in [0.2, 0.25) is 0 Å². The minimum atomic E-state index is 0.344. The number of aliphatic hydroxyl groups is 1. The Hall–Kier alpha value is -0.380. The van der Waals surface area contributed by atoms with Gasteiger partial charge in [0.1, 0.15) is 0 Å². The molecule has 15 heavy (non-hydrogen) atoms. The normalized spacial score (nSPS) is 23.1. The first-order chi connectivity index (χ1) is 7.38. The molecular weight excluding hydrogens is 206 g/mol. The highest BCUT2D eigenvalue weighted by atomic mass is 32.1. The number of hydrogen-bond acceptors (Lipinski definition) is 3. The van der Waals surface area contributed by atoms with Crippen molar-refractivity contribution in [3.63, 3.8) is 0 Å². The van der Waals surface area contributed by atoms with E-state index in [1.54, 1.807) is 11.3 Å². The molecule has 0 radical (unpaired) electrons. The average Bonchev–Trinajstić information content (AvgIpc) is 2.71. The van der Waals surface area contributed by atoms with Crippen LogP contribution in [0.1, 0.15) is 24.8 Å². The molecule has 1 aliphatic heterocycles. The average molecular weight is 225 g/mol. The second-order valence-corrected chi connectivity index (χ2v) is 5.17. The molecule has 1 unspecified atom stereocenters. The summed E-state index contributed by atoms with van der Waals surface area (Å²) in [5.41, 5.74) is 1.43. The highest BCUT2D eigenvalue weighted by Gasteiger charge is 2.19. The molecule has 0 saturated carbocycles. The molecule has 0 bridgehead atoms. The minimum absolute atomic E-state index is 0.344. The van der Waals surface area contributed by atoms with Gasteiger partial charge in [0.05, 0.1) is 0 Å². The van der Waals surface area contributed by atoms with Gasteiger partial charge >= 0.3 is 0 Å². The highest BCUT2D eigenvalue weighted by Crippen LogP contribution is 2.21. The molecule has 0 amide bonds. The van der Waals surface area contributed by atoms with Crippen molar-refractivity contribution < 1.29 is 5.11 Å². The van der Waals surface area contributed by atoms with Gasteiger partial charge in [0.25, 0.3) is 0 Å². The van der Waals surface area contributed by atoms with E-state index in [1.807, 2.05) is 0 Å². The van der Waals surface area contributed by atoms with Crippen LogP contribution >= 0.6 is 11.3 Å². The summed E-state index contributed by atoms with van der Waals surface area (Å²) in [6.45, 7) is 3.82. The summed E-state index contributed by atoms with van der Waals surface area (Å²) in [6.07, 6.45) is 3.55. The van der Waals surface area contributed by atoms with Gasteiger partial charge in [-0.1, -0.05) is 0 Å². The van der Waals surface area contributed by atoms with E-state index < -0.39 is 0 Å². The van der Waals surface area contributed by atoms with E-state index in [0.717, 1.165) is 19.5 Å². The van der Waals surface area contributed by atoms with Crippen LogP contribution in [-0.4, -0.2) is 29.7 Å². The Morgan fingerprint density at radius 3 is 3.20 bits per heavy atom. The Labute approximate surface area is 95.5 Å². The fraction of sp³-hybridized carbons (Fsp3) is 0.667. The van der Waals surface area contributed by atoms with Crippen LogP contribution in [0.4, 0.5) is 0 Å². The Balaban J connectivity index is 1.82. The van der Waals surface area contributed by atoms with Crippen molar-refractivity contribution in [3.05, 3.63) is 22.4 Å². The van der Waals surface area contributed by atoms with Gasteiger partial charge < -0.3 is 5.11 Å². The molecule has 0 aliphatic carbocycles. The van der Waals surface area contributed by atoms with Crippen LogP contribution in [0, 0.1) is 5.92 Å². The molecule has 2 nitrogen and oxygen atoms in total. The first kappa shape index (κ1) is 11.1. The first-order valence-corrected chi connectivity index (χ1v) is 6.67. The predicted molar refractivity (Wildman–Crippen MR) is 64.0 cm³/mol. The van der Waals surface area contributed by atoms with Gasteiger partial charge in [-0.15, -0.1) is 0 Å². The summed E-state index contributed by atoms with van der Waals surface area (Å²) in [5, 5.41) is 13.3. The van der Waals surface area contributed by atoms with Crippen LogP contribution in [0.2, 0.25) is 0 Å². The summed E-state index contributed by atoms with van der Waals surface area (Å²) in [6, 6.07) is 2.21. The van der Waals surface area contributed by atoms with Crippen molar-refractivity contribution in [1.29, 1.82) is 0 Å². The number of likely N-dealkylation sites (tertiary alicyclic amines) is 1. The lowest BCUT2D eigenvalue weighted by Gasteiger charge is -2.32. The maximum atomic E-state index is 8.94. The molecule has 1 atom stereocenters. The first-order valence-electron chi connectivity index (χ1n) is 5.73. The van der Waals surface area contributed by atoms with Crippen LogP contribution in [0.25, 0.3) is 0 Å². The monoisotopic (exact) mass is 225 g/mol. The van der Waals surface area contributed by atoms with Crippen molar-refractivity contribution in [3.8, 4) is 0 Å². The fourth-order valence-corrected chi connectivity index (χ4v) is 3.01. The van der Waals surface area contributed by atoms with Gasteiger partial charge in [-0.25, -0.2) is 0 Å². The summed E-state index contributed by atoms with van der Waals surface area (Å²) in [4.78, 5) is 2.52. The van der Waals surface area contributed by atoms with E-state index in [-0.39, 0.29) is 0 Å². The second kappa shape index (κ2) is 5.64. The summed E-state index contributed by atoms with van der Waals surface area (Å²) >= 11 is 1.77. The lowest BCUT2D eigenvalue weighted by molar-refractivity contribution is 0.142. The molecule has 1 aliphatic rings. The molecule has 1 saturated heterocycles. The number of thiophene rings is 1. The van der Waals surface area contributed by atoms with Crippen molar-refractivity contribution in [1.82, 2.24) is 4.90 Å². The molecule has 1 N–H and O–H groups in total. The van der Waals surface area contributed by atoms with E-state index in [2.05, 4.69) is 21.7 Å². The predicted octanol–water partition coefficient (Wildman–Crippen LogP) is 2.34. The van der Waals surface area contributed by atoms with Crippen molar-refractivity contribution in [2.75, 3.05) is 19.7 Å². The molecule has 2 rings (SSSR count). The Morgan fingerprint density at radius 1 is 1.53 bits per heavy atom. The van der Waals surface area contributed by atoms with Crippen LogP contribution in [-0.2, 0) is 6.54 Å². The van der Waals surface area contributed by atoms with Crippen molar-refractivity contribution in [2.24, 2.45) is 5.92 Å². The van der Waals surface area contributed by atoms with Gasteiger partial charge in [0, 0.05) is 19.7 Å². The Morgan fingerprint density at radius 2 is 2.47 bits per heavy atom. The second-order valence-electron chi connectivity index (χ2n) is 4.39. The standard InChI is InChI=1S/C12H19NOS/c14-6-3-11-2-1-5-13(8-11)9-12-4-7-15-10-12/h4,7,10-11,14H,1-3,5-6,8-9H2. The van der Waals surface area contributed by atoms with Gasteiger partial charge in [0.15, 0.2) is 0 Å². The maximum Gasteiger partial charge on any atom is 0.0434 e. The molecule has 1 fully saturated rings. The van der Waals surface area contributed by atoms with Crippen molar-refractivity contribution >= 4 is 11.3 Å². The molecule has 0 spiro atoms. The quantitative estimate of drug-likeness (QED) is 0.850. The lowest BCUT2D eigenvalue weighted by Crippen LogP contribution is -2.35. The van der Waals surface area contributed by atoms with Crippen LogP contribution in [0.5, 0.6) is 0 Å². The lowest BCUT2D eigenvalue weighted by atomic mass is 9.95. The van der Waals surface area contributed by atoms with Gasteiger partial charge in [-0.2, -0.15) is 11.3 Å². The third-order valence-corrected chi connectivity index (χ3v) is 3.86. The summed E-state index contributed by atoms with van der Waals surface area (Å²) in [7, 11) is 0. The Bertz CT molecular complexity index is 271. The zero-order valence-corrected chi connectivity index (χ0v) is 9.88. The topological polar surface area (TPSA) is 23.5 Å². The van der Waals surface area contributed by atoms with Gasteiger partial charge in [-0.05, 0) is 54.1 Å². The third kappa shape index (κ3) is 3.30.